The van der Waals surface area contributed by atoms with Crippen LogP contribution in [0.4, 0.5) is 14.9 Å². The van der Waals surface area contributed by atoms with Crippen LogP contribution in [0.1, 0.15) is 58.9 Å². The number of aliphatic hydroxyl groups excluding tert-OH is 1. The second kappa shape index (κ2) is 10.1. The average molecular weight is 506 g/mol. The van der Waals surface area contributed by atoms with Crippen LogP contribution in [0.3, 0.4) is 0 Å². The van der Waals surface area contributed by atoms with Crippen molar-refractivity contribution in [2.45, 2.75) is 70.7 Å². The molecule has 1 aromatic carbocycles. The van der Waals surface area contributed by atoms with Crippen molar-refractivity contribution in [1.29, 1.82) is 0 Å². The van der Waals surface area contributed by atoms with Crippen molar-refractivity contribution in [2.24, 2.45) is 13.0 Å². The van der Waals surface area contributed by atoms with E-state index in [0.717, 1.165) is 19.3 Å². The monoisotopic (exact) mass is 505 g/mol. The van der Waals surface area contributed by atoms with Crippen molar-refractivity contribution in [2.75, 3.05) is 24.5 Å². The summed E-state index contributed by atoms with van der Waals surface area (Å²) in [6.07, 6.45) is 1.81. The number of ether oxygens (including phenoxy) is 1. The van der Waals surface area contributed by atoms with Crippen molar-refractivity contribution in [3.8, 4) is 0 Å². The van der Waals surface area contributed by atoms with Gasteiger partial charge in [-0.15, -0.1) is 0 Å². The highest BCUT2D eigenvalue weighted by Crippen LogP contribution is 2.32. The molecule has 2 amide bonds. The molecule has 2 aliphatic heterocycles. The number of amides is 2. The molecule has 2 aromatic rings. The number of halogens is 1. The molecule has 4 rings (SSSR count). The third-order valence-electron chi connectivity index (χ3n) is 6.97. The maximum absolute atomic E-state index is 15.3. The third-order valence-corrected chi connectivity index (χ3v) is 6.97. The molecule has 1 aromatic heterocycles. The standard InChI is InChI=1S/C25H36FN5O5/c1-25(2,3)36-23(34)27-10-7-15-8-11-30(12-9-15)18-14-19-20(13-16(18)26)31(24(35)29(19)4)17-5-6-21(32)28-22(17)33/h13-15,17,21,32H,5-12H2,1-4H3,(H,27,34)(H,28,33). The van der Waals surface area contributed by atoms with Gasteiger partial charge in [-0.1, -0.05) is 0 Å². The Hall–Kier alpha value is -3.08. The molecule has 198 valence electrons. The van der Waals surface area contributed by atoms with Crippen molar-refractivity contribution in [3.63, 3.8) is 0 Å². The number of aryl methyl sites for hydroxylation is 1. The highest BCUT2D eigenvalue weighted by Gasteiger charge is 2.32. The van der Waals surface area contributed by atoms with Gasteiger partial charge >= 0.3 is 11.8 Å². The maximum atomic E-state index is 15.3. The molecule has 11 heteroatoms. The number of imidazole rings is 1. The number of aliphatic hydroxyl groups is 1. The summed E-state index contributed by atoms with van der Waals surface area (Å²) in [6.45, 7) is 7.33. The smallest absolute Gasteiger partial charge is 0.407 e. The number of nitrogens with zero attached hydrogens (tertiary/aromatic N) is 3. The fraction of sp³-hybridized carbons (Fsp3) is 0.640. The predicted octanol–water partition coefficient (Wildman–Crippen LogP) is 2.38. The first kappa shape index (κ1) is 26.0. The van der Waals surface area contributed by atoms with Crippen LogP contribution in [0.2, 0.25) is 0 Å². The molecule has 0 bridgehead atoms. The van der Waals surface area contributed by atoms with E-state index in [-0.39, 0.29) is 0 Å². The fourth-order valence-electron chi connectivity index (χ4n) is 5.09. The van der Waals surface area contributed by atoms with E-state index in [1.807, 2.05) is 25.7 Å². The first-order valence-corrected chi connectivity index (χ1v) is 12.6. The van der Waals surface area contributed by atoms with Crippen molar-refractivity contribution < 1.29 is 23.8 Å². The lowest BCUT2D eigenvalue weighted by molar-refractivity contribution is -0.130. The normalized spacial score (nSPS) is 21.5. The molecular weight excluding hydrogens is 469 g/mol. The molecule has 36 heavy (non-hydrogen) atoms. The van der Waals surface area contributed by atoms with Crippen LogP contribution in [0.5, 0.6) is 0 Å². The molecule has 0 spiro atoms. The van der Waals surface area contributed by atoms with Crippen LogP contribution in [0.15, 0.2) is 16.9 Å². The molecule has 2 fully saturated rings. The number of hydrogen-bond donors (Lipinski definition) is 3. The van der Waals surface area contributed by atoms with Crippen molar-refractivity contribution in [1.82, 2.24) is 19.8 Å². The number of anilines is 1. The second-order valence-corrected chi connectivity index (χ2v) is 10.8. The van der Waals surface area contributed by atoms with Crippen LogP contribution in [0.25, 0.3) is 11.0 Å². The SMILES string of the molecule is Cn1c(=O)n(C2CCC(O)NC2=O)c2cc(F)c(N3CCC(CCNC(=O)OC(C)(C)C)CC3)cc21. The molecule has 2 unspecified atom stereocenters. The number of carbonyl (C=O) groups is 2. The quantitative estimate of drug-likeness (QED) is 0.574. The molecular formula is C25H36FN5O5. The van der Waals surface area contributed by atoms with Gasteiger partial charge in [-0.25, -0.2) is 14.0 Å². The zero-order valence-electron chi connectivity index (χ0n) is 21.3. The van der Waals surface area contributed by atoms with Crippen LogP contribution < -0.4 is 21.2 Å². The molecule has 3 heterocycles. The van der Waals surface area contributed by atoms with E-state index in [2.05, 4.69) is 10.6 Å². The van der Waals surface area contributed by atoms with Gasteiger partial charge in [0.15, 0.2) is 0 Å². The lowest BCUT2D eigenvalue weighted by Gasteiger charge is -2.34. The molecule has 3 N–H and O–H groups in total. The second-order valence-electron chi connectivity index (χ2n) is 10.8. The summed E-state index contributed by atoms with van der Waals surface area (Å²) in [5.74, 6) is -0.479. The number of aromatic nitrogens is 2. The highest BCUT2D eigenvalue weighted by atomic mass is 19.1. The zero-order valence-corrected chi connectivity index (χ0v) is 21.3. The molecule has 0 saturated carbocycles. The van der Waals surface area contributed by atoms with Gasteiger partial charge in [-0.05, 0) is 64.9 Å². The Morgan fingerprint density at radius 2 is 1.86 bits per heavy atom. The van der Waals surface area contributed by atoms with Gasteiger partial charge < -0.3 is 25.4 Å². The van der Waals surface area contributed by atoms with E-state index in [1.165, 1.54) is 15.2 Å². The largest absolute Gasteiger partial charge is 0.444 e. The number of piperidine rings is 2. The van der Waals surface area contributed by atoms with E-state index >= 15 is 4.39 Å². The number of rotatable bonds is 5. The summed E-state index contributed by atoms with van der Waals surface area (Å²) in [7, 11) is 1.61. The van der Waals surface area contributed by atoms with Crippen LogP contribution in [-0.4, -0.2) is 57.7 Å². The Labute approximate surface area is 209 Å². The van der Waals surface area contributed by atoms with E-state index in [4.69, 9.17) is 4.74 Å². The number of fused-ring (bicyclic) bond motifs is 1. The van der Waals surface area contributed by atoms with Crippen molar-refractivity contribution >= 4 is 28.7 Å². The Kier molecular flexibility index (Phi) is 7.31. The molecule has 0 aliphatic carbocycles. The van der Waals surface area contributed by atoms with Gasteiger partial charge in [0.25, 0.3) is 0 Å². The first-order valence-electron chi connectivity index (χ1n) is 12.6. The summed E-state index contributed by atoms with van der Waals surface area (Å²) < 4.78 is 23.3. The number of carbonyl (C=O) groups excluding carboxylic acids is 2. The zero-order chi connectivity index (χ0) is 26.2. The Balaban J connectivity index is 1.43. The van der Waals surface area contributed by atoms with Crippen LogP contribution >= 0.6 is 0 Å². The number of benzene rings is 1. The topological polar surface area (TPSA) is 118 Å². The summed E-state index contributed by atoms with van der Waals surface area (Å²) >= 11 is 0. The molecule has 0 radical (unpaired) electrons. The van der Waals surface area contributed by atoms with E-state index in [0.29, 0.717) is 55.1 Å². The summed E-state index contributed by atoms with van der Waals surface area (Å²) in [4.78, 5) is 39.2. The molecule has 10 nitrogen and oxygen atoms in total. The summed E-state index contributed by atoms with van der Waals surface area (Å²) in [5, 5.41) is 14.9. The third kappa shape index (κ3) is 5.50. The number of hydrogen-bond acceptors (Lipinski definition) is 6. The number of nitrogens with one attached hydrogen (secondary N) is 2. The molecule has 2 aliphatic rings. The van der Waals surface area contributed by atoms with E-state index in [1.54, 1.807) is 13.1 Å². The lowest BCUT2D eigenvalue weighted by Crippen LogP contribution is -2.46. The predicted molar refractivity (Wildman–Crippen MR) is 133 cm³/mol. The first-order chi connectivity index (χ1) is 16.9. The summed E-state index contributed by atoms with van der Waals surface area (Å²) in [6, 6.07) is 2.23. The van der Waals surface area contributed by atoms with Crippen LogP contribution in [0, 0.1) is 11.7 Å². The number of alkyl carbamates (subject to hydrolysis) is 1. The van der Waals surface area contributed by atoms with E-state index in [9.17, 15) is 19.5 Å². The van der Waals surface area contributed by atoms with Gasteiger partial charge in [0.2, 0.25) is 5.91 Å². The van der Waals surface area contributed by atoms with Gasteiger partial charge in [-0.2, -0.15) is 0 Å². The minimum Gasteiger partial charge on any atom is -0.444 e. The molecule has 2 saturated heterocycles. The Morgan fingerprint density at radius 1 is 1.17 bits per heavy atom. The van der Waals surface area contributed by atoms with Crippen LogP contribution in [-0.2, 0) is 16.6 Å². The van der Waals surface area contributed by atoms with E-state index < -0.39 is 41.4 Å². The lowest BCUT2D eigenvalue weighted by atomic mass is 9.93. The fourth-order valence-corrected chi connectivity index (χ4v) is 5.09. The van der Waals surface area contributed by atoms with Gasteiger partial charge in [0.05, 0.1) is 16.7 Å². The van der Waals surface area contributed by atoms with Gasteiger partial charge in [0, 0.05) is 32.7 Å². The van der Waals surface area contributed by atoms with Gasteiger partial charge in [0.1, 0.15) is 23.7 Å². The summed E-state index contributed by atoms with van der Waals surface area (Å²) in [5.41, 5.74) is 0.428. The highest BCUT2D eigenvalue weighted by molar-refractivity contribution is 5.86. The van der Waals surface area contributed by atoms with Crippen molar-refractivity contribution in [3.05, 3.63) is 28.4 Å². The maximum Gasteiger partial charge on any atom is 0.407 e. The Morgan fingerprint density at radius 3 is 2.50 bits per heavy atom. The Bertz CT molecular complexity index is 1190. The molecule has 2 atom stereocenters. The van der Waals surface area contributed by atoms with Gasteiger partial charge in [-0.3, -0.25) is 13.9 Å². The minimum atomic E-state index is -0.932. The average Bonchev–Trinajstić information content (AvgIpc) is 3.02. The minimum absolute atomic E-state index is 0.297.